The van der Waals surface area contributed by atoms with Crippen LogP contribution in [0, 0.1) is 0 Å². The summed E-state index contributed by atoms with van der Waals surface area (Å²) < 4.78 is 11.1. The van der Waals surface area contributed by atoms with Gasteiger partial charge < -0.3 is 14.6 Å². The monoisotopic (exact) mass is 307 g/mol. The molecule has 5 heteroatoms. The zero-order valence-corrected chi connectivity index (χ0v) is 13.7. The number of ether oxygens (including phenoxy) is 2. The van der Waals surface area contributed by atoms with Crippen LogP contribution in [0.2, 0.25) is 0 Å². The number of para-hydroxylation sites is 1. The van der Waals surface area contributed by atoms with Crippen molar-refractivity contribution < 1.29 is 14.6 Å². The van der Waals surface area contributed by atoms with Crippen molar-refractivity contribution in [2.24, 2.45) is 0 Å². The third-order valence-electron chi connectivity index (χ3n) is 3.11. The zero-order chi connectivity index (χ0) is 15.5. The van der Waals surface area contributed by atoms with Crippen LogP contribution < -0.4 is 9.47 Å². The van der Waals surface area contributed by atoms with Crippen molar-refractivity contribution in [2.75, 3.05) is 7.11 Å². The summed E-state index contributed by atoms with van der Waals surface area (Å²) >= 11 is 1.58. The summed E-state index contributed by atoms with van der Waals surface area (Å²) in [4.78, 5) is 4.60. The number of aromatic nitrogens is 1. The van der Waals surface area contributed by atoms with Crippen LogP contribution in [0.15, 0.2) is 23.6 Å². The minimum Gasteiger partial charge on any atom is -0.493 e. The molecule has 2 aromatic rings. The predicted octanol–water partition coefficient (Wildman–Crippen LogP) is 3.52. The number of methoxy groups -OCH3 is 1. The summed E-state index contributed by atoms with van der Waals surface area (Å²) in [7, 11) is 1.59. The Morgan fingerprint density at radius 3 is 2.62 bits per heavy atom. The summed E-state index contributed by atoms with van der Waals surface area (Å²) in [6, 6.07) is 5.47. The van der Waals surface area contributed by atoms with Crippen LogP contribution in [-0.2, 0) is 18.6 Å². The number of nitrogens with zero attached hydrogens (tertiary/aromatic N) is 1. The first kappa shape index (κ1) is 15.8. The number of aliphatic hydroxyl groups excluding tert-OH is 1. The summed E-state index contributed by atoms with van der Waals surface area (Å²) in [6.07, 6.45) is 0. The smallest absolute Gasteiger partial charge is 0.167 e. The van der Waals surface area contributed by atoms with Gasteiger partial charge in [-0.25, -0.2) is 4.98 Å². The van der Waals surface area contributed by atoms with E-state index in [0.717, 1.165) is 10.7 Å². The van der Waals surface area contributed by atoms with Crippen molar-refractivity contribution in [1.82, 2.24) is 4.98 Å². The van der Waals surface area contributed by atoms with Gasteiger partial charge in [-0.05, 0) is 6.07 Å². The Labute approximate surface area is 129 Å². The molecule has 114 valence electrons. The van der Waals surface area contributed by atoms with Gasteiger partial charge in [0.2, 0.25) is 0 Å². The van der Waals surface area contributed by atoms with Crippen LogP contribution in [0.3, 0.4) is 0 Å². The average molecular weight is 307 g/mol. The van der Waals surface area contributed by atoms with Crippen molar-refractivity contribution >= 4 is 11.3 Å². The van der Waals surface area contributed by atoms with E-state index in [4.69, 9.17) is 9.47 Å². The molecule has 0 aliphatic rings. The van der Waals surface area contributed by atoms with Gasteiger partial charge in [-0.1, -0.05) is 32.9 Å². The second kappa shape index (κ2) is 6.45. The molecule has 1 aromatic heterocycles. The van der Waals surface area contributed by atoms with Gasteiger partial charge in [0.25, 0.3) is 0 Å². The highest BCUT2D eigenvalue weighted by atomic mass is 32.1. The lowest BCUT2D eigenvalue weighted by molar-refractivity contribution is 0.249. The molecule has 2 rings (SSSR count). The number of aliphatic hydroxyl groups is 1. The molecule has 0 radical (unpaired) electrons. The third kappa shape index (κ3) is 3.74. The highest BCUT2D eigenvalue weighted by Crippen LogP contribution is 2.32. The fourth-order valence-electron chi connectivity index (χ4n) is 1.87. The van der Waals surface area contributed by atoms with Crippen LogP contribution >= 0.6 is 11.3 Å². The lowest BCUT2D eigenvalue weighted by atomic mass is 9.93. The molecular formula is C16H21NO3S. The molecule has 0 aliphatic heterocycles. The summed E-state index contributed by atoms with van der Waals surface area (Å²) in [5.41, 5.74) is 1.81. The Bertz CT molecular complexity index is 580. The van der Waals surface area contributed by atoms with Gasteiger partial charge in [0.1, 0.15) is 11.6 Å². The van der Waals surface area contributed by atoms with Crippen LogP contribution in [-0.4, -0.2) is 17.2 Å². The van der Waals surface area contributed by atoms with Crippen molar-refractivity contribution in [3.05, 3.63) is 39.8 Å². The van der Waals surface area contributed by atoms with Gasteiger partial charge in [-0.2, -0.15) is 0 Å². The minimum atomic E-state index is -0.0857. The molecule has 4 nitrogen and oxygen atoms in total. The summed E-state index contributed by atoms with van der Waals surface area (Å²) in [5, 5.41) is 12.4. The van der Waals surface area contributed by atoms with E-state index in [2.05, 4.69) is 31.1 Å². The molecule has 0 spiro atoms. The number of rotatable bonds is 5. The van der Waals surface area contributed by atoms with E-state index in [1.54, 1.807) is 18.4 Å². The Morgan fingerprint density at radius 1 is 1.29 bits per heavy atom. The van der Waals surface area contributed by atoms with E-state index in [0.29, 0.717) is 23.7 Å². The maximum atomic E-state index is 9.40. The summed E-state index contributed by atoms with van der Waals surface area (Å²) in [5.74, 6) is 1.20. The molecule has 0 unspecified atom stereocenters. The van der Waals surface area contributed by atoms with E-state index >= 15 is 0 Å². The van der Waals surface area contributed by atoms with Crippen LogP contribution in [0.1, 0.15) is 37.0 Å². The molecule has 1 N–H and O–H groups in total. The molecule has 0 fully saturated rings. The highest BCUT2D eigenvalue weighted by molar-refractivity contribution is 7.09. The first-order valence-corrected chi connectivity index (χ1v) is 7.68. The maximum absolute atomic E-state index is 9.40. The van der Waals surface area contributed by atoms with Crippen molar-refractivity contribution in [3.8, 4) is 11.5 Å². The first-order chi connectivity index (χ1) is 9.95. The molecule has 1 aromatic carbocycles. The van der Waals surface area contributed by atoms with Gasteiger partial charge in [-0.15, -0.1) is 11.3 Å². The van der Waals surface area contributed by atoms with Crippen LogP contribution in [0.4, 0.5) is 0 Å². The largest absolute Gasteiger partial charge is 0.493 e. The lowest BCUT2D eigenvalue weighted by Crippen LogP contribution is -2.11. The highest BCUT2D eigenvalue weighted by Gasteiger charge is 2.18. The average Bonchev–Trinajstić information content (AvgIpc) is 2.93. The van der Waals surface area contributed by atoms with Gasteiger partial charge in [0.05, 0.1) is 19.4 Å². The van der Waals surface area contributed by atoms with Crippen molar-refractivity contribution in [1.29, 1.82) is 0 Å². The SMILES string of the molecule is COc1cccc(CO)c1OCc1nc(C(C)(C)C)cs1. The molecule has 0 atom stereocenters. The quantitative estimate of drug-likeness (QED) is 0.918. The van der Waals surface area contributed by atoms with Gasteiger partial charge >= 0.3 is 0 Å². The topological polar surface area (TPSA) is 51.6 Å². The number of thiazole rings is 1. The molecule has 0 saturated carbocycles. The third-order valence-corrected chi connectivity index (χ3v) is 3.93. The molecule has 0 amide bonds. The second-order valence-electron chi connectivity index (χ2n) is 5.77. The maximum Gasteiger partial charge on any atom is 0.167 e. The normalized spacial score (nSPS) is 11.5. The Hall–Kier alpha value is -1.59. The van der Waals surface area contributed by atoms with Crippen LogP contribution in [0.25, 0.3) is 0 Å². The minimum absolute atomic E-state index is 0.0371. The van der Waals surface area contributed by atoms with E-state index in [-0.39, 0.29) is 12.0 Å². The Morgan fingerprint density at radius 2 is 2.05 bits per heavy atom. The van der Waals surface area contributed by atoms with Crippen LogP contribution in [0.5, 0.6) is 11.5 Å². The molecule has 21 heavy (non-hydrogen) atoms. The van der Waals surface area contributed by atoms with E-state index < -0.39 is 0 Å². The van der Waals surface area contributed by atoms with E-state index in [1.807, 2.05) is 18.2 Å². The lowest BCUT2D eigenvalue weighted by Gasteiger charge is -2.15. The molecule has 1 heterocycles. The fraction of sp³-hybridized carbons (Fsp3) is 0.438. The van der Waals surface area contributed by atoms with Crippen molar-refractivity contribution in [2.45, 2.75) is 39.4 Å². The van der Waals surface area contributed by atoms with Gasteiger partial charge in [0, 0.05) is 16.4 Å². The van der Waals surface area contributed by atoms with E-state index in [9.17, 15) is 5.11 Å². The molecule has 0 bridgehead atoms. The summed E-state index contributed by atoms with van der Waals surface area (Å²) in [6.45, 7) is 6.69. The standard InChI is InChI=1S/C16H21NO3S/c1-16(2,3)13-10-21-14(17-13)9-20-15-11(8-18)6-5-7-12(15)19-4/h5-7,10,18H,8-9H2,1-4H3. The Kier molecular flexibility index (Phi) is 4.85. The Balaban J connectivity index is 2.15. The first-order valence-electron chi connectivity index (χ1n) is 6.80. The predicted molar refractivity (Wildman–Crippen MR) is 84.1 cm³/mol. The second-order valence-corrected chi connectivity index (χ2v) is 6.71. The fourth-order valence-corrected chi connectivity index (χ4v) is 2.80. The molecular weight excluding hydrogens is 286 g/mol. The van der Waals surface area contributed by atoms with Gasteiger partial charge in [0.15, 0.2) is 11.5 Å². The number of benzene rings is 1. The number of hydrogen-bond donors (Lipinski definition) is 1. The molecule has 0 aliphatic carbocycles. The van der Waals surface area contributed by atoms with E-state index in [1.165, 1.54) is 0 Å². The zero-order valence-electron chi connectivity index (χ0n) is 12.8. The van der Waals surface area contributed by atoms with Crippen molar-refractivity contribution in [3.63, 3.8) is 0 Å². The molecule has 0 saturated heterocycles. The van der Waals surface area contributed by atoms with Gasteiger partial charge in [-0.3, -0.25) is 0 Å². The number of hydrogen-bond acceptors (Lipinski definition) is 5.